The van der Waals surface area contributed by atoms with E-state index in [9.17, 15) is 9.59 Å². The Bertz CT molecular complexity index is 1550. The number of nitrogens with zero attached hydrogens (tertiary/aromatic N) is 1. The van der Waals surface area contributed by atoms with E-state index in [2.05, 4.69) is 5.32 Å². The number of ketones is 1. The number of methoxy groups -OCH3 is 1. The van der Waals surface area contributed by atoms with Gasteiger partial charge in [0.15, 0.2) is 10.9 Å². The van der Waals surface area contributed by atoms with Crippen LogP contribution in [0.3, 0.4) is 0 Å². The van der Waals surface area contributed by atoms with Crippen LogP contribution in [0.25, 0.3) is 21.7 Å². The lowest BCUT2D eigenvalue weighted by atomic mass is 10.1. The van der Waals surface area contributed by atoms with Crippen molar-refractivity contribution in [3.05, 3.63) is 115 Å². The van der Waals surface area contributed by atoms with E-state index in [1.165, 1.54) is 11.3 Å². The first-order valence-corrected chi connectivity index (χ1v) is 13.3. The molecule has 0 atom stereocenters. The maximum absolute atomic E-state index is 12.7. The molecule has 0 aliphatic carbocycles. The van der Waals surface area contributed by atoms with E-state index < -0.39 is 0 Å². The maximum atomic E-state index is 12.7. The van der Waals surface area contributed by atoms with Gasteiger partial charge in [0.05, 0.1) is 17.7 Å². The number of hydrogen-bond acceptors (Lipinski definition) is 6. The maximum Gasteiger partial charge on any atom is 0.226 e. The highest BCUT2D eigenvalue weighted by Crippen LogP contribution is 2.39. The van der Waals surface area contributed by atoms with E-state index in [-0.39, 0.29) is 24.5 Å². The molecule has 6 nitrogen and oxygen atoms in total. The van der Waals surface area contributed by atoms with Crippen LogP contribution in [0.2, 0.25) is 0 Å². The second kappa shape index (κ2) is 12.2. The quantitative estimate of drug-likeness (QED) is 0.184. The number of ether oxygens (including phenoxy) is 2. The highest BCUT2D eigenvalue weighted by atomic mass is 32.1. The van der Waals surface area contributed by atoms with Crippen molar-refractivity contribution in [1.82, 2.24) is 4.98 Å². The van der Waals surface area contributed by atoms with E-state index in [4.69, 9.17) is 14.5 Å². The molecule has 1 heterocycles. The van der Waals surface area contributed by atoms with E-state index in [1.54, 1.807) is 31.4 Å². The van der Waals surface area contributed by atoms with Crippen molar-refractivity contribution in [2.45, 2.75) is 12.8 Å². The number of amides is 1. The minimum atomic E-state index is -0.262. The molecule has 0 saturated carbocycles. The minimum absolute atomic E-state index is 0.0548. The molecule has 7 heteroatoms. The molecular weight excluding hydrogens is 508 g/mol. The lowest BCUT2D eigenvalue weighted by Gasteiger charge is -2.06. The van der Waals surface area contributed by atoms with Gasteiger partial charge in [-0.25, -0.2) is 4.98 Å². The van der Waals surface area contributed by atoms with Crippen molar-refractivity contribution in [2.24, 2.45) is 0 Å². The highest BCUT2D eigenvalue weighted by molar-refractivity contribution is 7.19. The third kappa shape index (κ3) is 6.58. The number of Topliss-reactive ketones (excluding diaryl/α,β-unsaturated/α-hetero) is 1. The zero-order valence-corrected chi connectivity index (χ0v) is 22.1. The van der Waals surface area contributed by atoms with Gasteiger partial charge in [0, 0.05) is 24.0 Å². The standard InChI is InChI=1S/C32H26N2O4S/c1-37-25-16-14-24(15-17-25)31-30(23-8-4-2-5-9-23)34-32(39-31)33-29(36)21-20-28(35)22-12-18-27(19-13-22)38-26-10-6-3-7-11-26/h2-19H,20-21H2,1H3,(H,33,34,36). The summed E-state index contributed by atoms with van der Waals surface area (Å²) in [5, 5.41) is 3.37. The summed E-state index contributed by atoms with van der Waals surface area (Å²) in [5.74, 6) is 1.75. The fraction of sp³-hybridized carbons (Fsp3) is 0.0938. The molecule has 0 aliphatic rings. The Hall–Kier alpha value is -4.75. The minimum Gasteiger partial charge on any atom is -0.497 e. The zero-order valence-electron chi connectivity index (χ0n) is 21.3. The molecule has 0 aliphatic heterocycles. The molecule has 0 saturated heterocycles. The summed E-state index contributed by atoms with van der Waals surface area (Å²) >= 11 is 1.40. The predicted octanol–water partition coefficient (Wildman–Crippen LogP) is 7.88. The molecule has 0 spiro atoms. The summed E-state index contributed by atoms with van der Waals surface area (Å²) < 4.78 is 11.1. The van der Waals surface area contributed by atoms with Gasteiger partial charge in [-0.2, -0.15) is 0 Å². The number of thiazole rings is 1. The first kappa shape index (κ1) is 25.9. The average Bonchev–Trinajstić information content (AvgIpc) is 3.41. The Morgan fingerprint density at radius 3 is 2.00 bits per heavy atom. The van der Waals surface area contributed by atoms with Crippen LogP contribution in [-0.2, 0) is 4.79 Å². The van der Waals surface area contributed by atoms with Crippen LogP contribution in [0.15, 0.2) is 109 Å². The summed E-state index contributed by atoms with van der Waals surface area (Å²) in [7, 11) is 1.63. The van der Waals surface area contributed by atoms with Gasteiger partial charge in [-0.3, -0.25) is 9.59 Å². The zero-order chi connectivity index (χ0) is 27.0. The van der Waals surface area contributed by atoms with E-state index in [1.807, 2.05) is 84.9 Å². The molecule has 194 valence electrons. The van der Waals surface area contributed by atoms with Crippen LogP contribution >= 0.6 is 11.3 Å². The monoisotopic (exact) mass is 534 g/mol. The lowest BCUT2D eigenvalue weighted by molar-refractivity contribution is -0.116. The Balaban J connectivity index is 1.23. The summed E-state index contributed by atoms with van der Waals surface area (Å²) in [6, 6.07) is 33.9. The Morgan fingerprint density at radius 2 is 1.33 bits per heavy atom. The normalized spacial score (nSPS) is 10.6. The SMILES string of the molecule is COc1ccc(-c2sc(NC(=O)CCC(=O)c3ccc(Oc4ccccc4)cc3)nc2-c2ccccc2)cc1. The second-order valence-corrected chi connectivity index (χ2v) is 9.70. The van der Waals surface area contributed by atoms with Gasteiger partial charge in [-0.05, 0) is 66.2 Å². The van der Waals surface area contributed by atoms with Gasteiger partial charge in [-0.15, -0.1) is 0 Å². The van der Waals surface area contributed by atoms with Crippen molar-refractivity contribution in [2.75, 3.05) is 12.4 Å². The van der Waals surface area contributed by atoms with Crippen molar-refractivity contribution < 1.29 is 19.1 Å². The molecule has 1 amide bonds. The molecular formula is C32H26N2O4S. The van der Waals surface area contributed by atoms with Crippen LogP contribution in [-0.4, -0.2) is 23.8 Å². The molecule has 0 unspecified atom stereocenters. The third-order valence-corrected chi connectivity index (χ3v) is 7.03. The Kier molecular flexibility index (Phi) is 8.09. The fourth-order valence-electron chi connectivity index (χ4n) is 3.99. The van der Waals surface area contributed by atoms with E-state index in [0.29, 0.717) is 16.4 Å². The average molecular weight is 535 g/mol. The van der Waals surface area contributed by atoms with Crippen LogP contribution in [0.5, 0.6) is 17.2 Å². The van der Waals surface area contributed by atoms with Gasteiger partial charge in [0.25, 0.3) is 0 Å². The predicted molar refractivity (Wildman–Crippen MR) is 155 cm³/mol. The van der Waals surface area contributed by atoms with Crippen LogP contribution in [0, 0.1) is 0 Å². The fourth-order valence-corrected chi connectivity index (χ4v) is 5.00. The Morgan fingerprint density at radius 1 is 0.718 bits per heavy atom. The molecule has 5 rings (SSSR count). The summed E-state index contributed by atoms with van der Waals surface area (Å²) in [4.78, 5) is 31.1. The van der Waals surface area contributed by atoms with Crippen LogP contribution in [0.1, 0.15) is 23.2 Å². The molecule has 0 radical (unpaired) electrons. The number of carbonyl (C=O) groups is 2. The third-order valence-electron chi connectivity index (χ3n) is 6.01. The number of anilines is 1. The summed E-state index contributed by atoms with van der Waals surface area (Å²) in [6.07, 6.45) is 0.145. The molecule has 4 aromatic carbocycles. The van der Waals surface area contributed by atoms with Crippen LogP contribution in [0.4, 0.5) is 5.13 Å². The number of carbonyl (C=O) groups excluding carboxylic acids is 2. The van der Waals surface area contributed by atoms with Crippen molar-refractivity contribution in [1.29, 1.82) is 0 Å². The van der Waals surface area contributed by atoms with Gasteiger partial charge < -0.3 is 14.8 Å². The van der Waals surface area contributed by atoms with Crippen molar-refractivity contribution >= 4 is 28.2 Å². The van der Waals surface area contributed by atoms with Crippen molar-refractivity contribution in [3.63, 3.8) is 0 Å². The first-order valence-electron chi connectivity index (χ1n) is 12.5. The summed E-state index contributed by atoms with van der Waals surface area (Å²) in [5.41, 5.74) is 3.25. The van der Waals surface area contributed by atoms with E-state index >= 15 is 0 Å². The molecule has 1 aromatic heterocycles. The number of nitrogens with one attached hydrogen (secondary N) is 1. The molecule has 1 N–H and O–H groups in total. The Labute approximate surface area is 230 Å². The smallest absolute Gasteiger partial charge is 0.226 e. The lowest BCUT2D eigenvalue weighted by Crippen LogP contribution is -2.13. The molecule has 5 aromatic rings. The van der Waals surface area contributed by atoms with Crippen LogP contribution < -0.4 is 14.8 Å². The van der Waals surface area contributed by atoms with Gasteiger partial charge in [0.2, 0.25) is 5.91 Å². The van der Waals surface area contributed by atoms with Gasteiger partial charge in [-0.1, -0.05) is 59.9 Å². The first-order chi connectivity index (χ1) is 19.1. The number of aromatic nitrogens is 1. The highest BCUT2D eigenvalue weighted by Gasteiger charge is 2.17. The molecule has 39 heavy (non-hydrogen) atoms. The number of para-hydroxylation sites is 1. The number of hydrogen-bond donors (Lipinski definition) is 1. The number of rotatable bonds is 10. The summed E-state index contributed by atoms with van der Waals surface area (Å²) in [6.45, 7) is 0. The molecule has 0 fully saturated rings. The largest absolute Gasteiger partial charge is 0.497 e. The van der Waals surface area contributed by atoms with E-state index in [0.717, 1.165) is 33.2 Å². The topological polar surface area (TPSA) is 77.5 Å². The number of benzene rings is 4. The van der Waals surface area contributed by atoms with Gasteiger partial charge in [0.1, 0.15) is 17.2 Å². The molecule has 0 bridgehead atoms. The van der Waals surface area contributed by atoms with Crippen molar-refractivity contribution in [3.8, 4) is 38.9 Å². The van der Waals surface area contributed by atoms with Gasteiger partial charge >= 0.3 is 0 Å². The second-order valence-electron chi connectivity index (χ2n) is 8.70.